The molecule has 0 fully saturated rings. The summed E-state index contributed by atoms with van der Waals surface area (Å²) in [5.41, 5.74) is 4.20. The van der Waals surface area contributed by atoms with Gasteiger partial charge in [0.25, 0.3) is 0 Å². The Morgan fingerprint density at radius 3 is 2.75 bits per heavy atom. The number of hydrogen-bond acceptors (Lipinski definition) is 1. The zero-order valence-electron chi connectivity index (χ0n) is 12.9. The maximum absolute atomic E-state index is 3.62. The Morgan fingerprint density at radius 1 is 1.20 bits per heavy atom. The van der Waals surface area contributed by atoms with Gasteiger partial charge in [-0.2, -0.15) is 0 Å². The van der Waals surface area contributed by atoms with Crippen LogP contribution in [0.5, 0.6) is 0 Å². The fourth-order valence-electron chi connectivity index (χ4n) is 2.53. The van der Waals surface area contributed by atoms with Crippen LogP contribution in [0.4, 0.5) is 0 Å². The fourth-order valence-corrected chi connectivity index (χ4v) is 2.53. The van der Waals surface area contributed by atoms with Crippen LogP contribution in [0, 0.1) is 6.92 Å². The third-order valence-electron chi connectivity index (χ3n) is 3.74. The molecule has 1 N–H and O–H groups in total. The zero-order chi connectivity index (χ0) is 14.4. The molecule has 0 spiro atoms. The highest BCUT2D eigenvalue weighted by atomic mass is 14.9. The lowest BCUT2D eigenvalue weighted by Crippen LogP contribution is -2.27. The summed E-state index contributed by atoms with van der Waals surface area (Å²) in [7, 11) is 0. The molecule has 0 amide bonds. The van der Waals surface area contributed by atoms with E-state index in [1.807, 2.05) is 0 Å². The molecule has 0 aliphatic heterocycles. The minimum Gasteiger partial charge on any atom is -0.354 e. The van der Waals surface area contributed by atoms with E-state index in [9.17, 15) is 0 Å². The Kier molecular flexibility index (Phi) is 5.42. The van der Waals surface area contributed by atoms with Crippen molar-refractivity contribution in [1.29, 1.82) is 0 Å². The molecule has 0 bridgehead atoms. The molecule has 1 unspecified atom stereocenters. The maximum atomic E-state index is 3.62. The van der Waals surface area contributed by atoms with E-state index in [0.29, 0.717) is 6.04 Å². The number of rotatable bonds is 7. The summed E-state index contributed by atoms with van der Waals surface area (Å²) in [5, 5.41) is 3.62. The molecule has 0 saturated heterocycles. The number of aryl methyl sites for hydroxylation is 2. The first-order valence-corrected chi connectivity index (χ1v) is 7.61. The largest absolute Gasteiger partial charge is 0.354 e. The summed E-state index contributed by atoms with van der Waals surface area (Å²) in [6.45, 7) is 8.72. The van der Waals surface area contributed by atoms with Crippen LogP contribution in [-0.2, 0) is 19.5 Å². The summed E-state index contributed by atoms with van der Waals surface area (Å²) in [4.78, 5) is 0. The Hall–Kier alpha value is -1.54. The number of nitrogens with one attached hydrogen (secondary N) is 1. The molecule has 1 heterocycles. The lowest BCUT2D eigenvalue weighted by atomic mass is 10.0. The SMILES string of the molecule is CCCn1ccc(CNC(C)Cc2ccccc2C)c1. The summed E-state index contributed by atoms with van der Waals surface area (Å²) in [5.74, 6) is 0. The average molecular weight is 270 g/mol. The van der Waals surface area contributed by atoms with Crippen molar-refractivity contribution < 1.29 is 0 Å². The average Bonchev–Trinajstić information content (AvgIpc) is 2.87. The van der Waals surface area contributed by atoms with Crippen molar-refractivity contribution in [2.75, 3.05) is 0 Å². The van der Waals surface area contributed by atoms with Gasteiger partial charge in [0, 0.05) is 31.5 Å². The quantitative estimate of drug-likeness (QED) is 0.806. The van der Waals surface area contributed by atoms with Crippen LogP contribution in [0.1, 0.15) is 37.0 Å². The molecular formula is C18H26N2. The van der Waals surface area contributed by atoms with Gasteiger partial charge in [0.15, 0.2) is 0 Å². The van der Waals surface area contributed by atoms with E-state index in [2.05, 4.69) is 73.4 Å². The normalized spacial score (nSPS) is 12.6. The zero-order valence-corrected chi connectivity index (χ0v) is 12.9. The van der Waals surface area contributed by atoms with Crippen molar-refractivity contribution in [3.05, 3.63) is 59.4 Å². The van der Waals surface area contributed by atoms with Gasteiger partial charge in [-0.25, -0.2) is 0 Å². The number of nitrogens with zero attached hydrogens (tertiary/aromatic N) is 1. The highest BCUT2D eigenvalue weighted by Gasteiger charge is 2.05. The molecule has 2 heteroatoms. The van der Waals surface area contributed by atoms with Crippen LogP contribution >= 0.6 is 0 Å². The maximum Gasteiger partial charge on any atom is 0.0223 e. The predicted octanol–water partition coefficient (Wildman–Crippen LogP) is 3.93. The lowest BCUT2D eigenvalue weighted by molar-refractivity contribution is 0.543. The molecule has 2 rings (SSSR count). The van der Waals surface area contributed by atoms with Crippen LogP contribution in [0.2, 0.25) is 0 Å². The van der Waals surface area contributed by atoms with Crippen molar-refractivity contribution in [3.63, 3.8) is 0 Å². The molecule has 1 aromatic heterocycles. The first-order valence-electron chi connectivity index (χ1n) is 7.61. The molecule has 2 aromatic rings. The summed E-state index contributed by atoms with van der Waals surface area (Å²) >= 11 is 0. The lowest BCUT2D eigenvalue weighted by Gasteiger charge is -2.14. The summed E-state index contributed by atoms with van der Waals surface area (Å²) in [6, 6.07) is 11.3. The molecule has 0 aliphatic carbocycles. The van der Waals surface area contributed by atoms with Crippen molar-refractivity contribution in [1.82, 2.24) is 9.88 Å². The van der Waals surface area contributed by atoms with Crippen LogP contribution in [-0.4, -0.2) is 10.6 Å². The monoisotopic (exact) mass is 270 g/mol. The van der Waals surface area contributed by atoms with Crippen molar-refractivity contribution in [2.45, 2.75) is 52.7 Å². The first-order chi connectivity index (χ1) is 9.69. The van der Waals surface area contributed by atoms with Crippen LogP contribution < -0.4 is 5.32 Å². The van der Waals surface area contributed by atoms with E-state index in [4.69, 9.17) is 0 Å². The first kappa shape index (κ1) is 14.9. The van der Waals surface area contributed by atoms with Gasteiger partial charge in [0.1, 0.15) is 0 Å². The summed E-state index contributed by atoms with van der Waals surface area (Å²) in [6.07, 6.45) is 6.69. The molecular weight excluding hydrogens is 244 g/mol. The van der Waals surface area contributed by atoms with Crippen LogP contribution in [0.3, 0.4) is 0 Å². The Bertz CT molecular complexity index is 528. The minimum atomic E-state index is 0.491. The molecule has 1 atom stereocenters. The molecule has 20 heavy (non-hydrogen) atoms. The highest BCUT2D eigenvalue weighted by molar-refractivity contribution is 5.26. The van der Waals surface area contributed by atoms with Gasteiger partial charge in [-0.1, -0.05) is 31.2 Å². The van der Waals surface area contributed by atoms with Gasteiger partial charge in [0.2, 0.25) is 0 Å². The molecule has 0 aliphatic rings. The standard InChI is InChI=1S/C18H26N2/c1-4-10-20-11-9-17(14-20)13-19-16(3)12-18-8-6-5-7-15(18)2/h5-9,11,14,16,19H,4,10,12-13H2,1-3H3. The van der Waals surface area contributed by atoms with Gasteiger partial charge in [0.05, 0.1) is 0 Å². The Morgan fingerprint density at radius 2 is 2.00 bits per heavy atom. The van der Waals surface area contributed by atoms with E-state index in [-0.39, 0.29) is 0 Å². The van der Waals surface area contributed by atoms with Crippen molar-refractivity contribution in [2.24, 2.45) is 0 Å². The topological polar surface area (TPSA) is 17.0 Å². The van der Waals surface area contributed by atoms with Gasteiger partial charge in [-0.05, 0) is 49.4 Å². The fraction of sp³-hybridized carbons (Fsp3) is 0.444. The van der Waals surface area contributed by atoms with E-state index in [1.54, 1.807) is 0 Å². The van der Waals surface area contributed by atoms with Crippen LogP contribution in [0.15, 0.2) is 42.7 Å². The van der Waals surface area contributed by atoms with E-state index < -0.39 is 0 Å². The molecule has 0 saturated carbocycles. The second kappa shape index (κ2) is 7.30. The smallest absolute Gasteiger partial charge is 0.0223 e. The minimum absolute atomic E-state index is 0.491. The van der Waals surface area contributed by atoms with E-state index in [0.717, 1.165) is 19.5 Å². The van der Waals surface area contributed by atoms with E-state index >= 15 is 0 Å². The number of benzene rings is 1. The Balaban J connectivity index is 1.82. The molecule has 1 aromatic carbocycles. The number of aromatic nitrogens is 1. The third kappa shape index (κ3) is 4.24. The number of hydrogen-bond donors (Lipinski definition) is 1. The van der Waals surface area contributed by atoms with Gasteiger partial charge < -0.3 is 9.88 Å². The van der Waals surface area contributed by atoms with Crippen molar-refractivity contribution in [3.8, 4) is 0 Å². The Labute approximate surface area is 122 Å². The van der Waals surface area contributed by atoms with Crippen LogP contribution in [0.25, 0.3) is 0 Å². The van der Waals surface area contributed by atoms with Gasteiger partial charge in [-0.3, -0.25) is 0 Å². The molecule has 108 valence electrons. The highest BCUT2D eigenvalue weighted by Crippen LogP contribution is 2.10. The van der Waals surface area contributed by atoms with Gasteiger partial charge in [-0.15, -0.1) is 0 Å². The predicted molar refractivity (Wildman–Crippen MR) is 85.9 cm³/mol. The molecule has 2 nitrogen and oxygen atoms in total. The third-order valence-corrected chi connectivity index (χ3v) is 3.74. The molecule has 0 radical (unpaired) electrons. The second-order valence-corrected chi connectivity index (χ2v) is 5.67. The van der Waals surface area contributed by atoms with Crippen molar-refractivity contribution >= 4 is 0 Å². The second-order valence-electron chi connectivity index (χ2n) is 5.67. The van der Waals surface area contributed by atoms with E-state index in [1.165, 1.54) is 23.1 Å². The summed E-state index contributed by atoms with van der Waals surface area (Å²) < 4.78 is 2.27. The van der Waals surface area contributed by atoms with Gasteiger partial charge >= 0.3 is 0 Å².